The Morgan fingerprint density at radius 3 is 3.08 bits per heavy atom. The van der Waals surface area contributed by atoms with Crippen LogP contribution in [0.1, 0.15) is 0 Å². The zero-order valence-corrected chi connectivity index (χ0v) is 11.5. The van der Waals surface area contributed by atoms with E-state index in [1.807, 2.05) is 16.2 Å². The van der Waals surface area contributed by atoms with Gasteiger partial charge in [-0.1, -0.05) is 11.6 Å². The van der Waals surface area contributed by atoms with E-state index in [9.17, 15) is 0 Å². The molecule has 13 heavy (non-hydrogen) atoms. The smallest absolute Gasteiger partial charge is 0.153 e. The van der Waals surface area contributed by atoms with Crippen molar-refractivity contribution in [2.24, 2.45) is 0 Å². The number of hydrogen-bond donors (Lipinski definition) is 0. The highest BCUT2D eigenvalue weighted by Gasteiger charge is 2.07. The van der Waals surface area contributed by atoms with Crippen molar-refractivity contribution in [3.63, 3.8) is 0 Å². The summed E-state index contributed by atoms with van der Waals surface area (Å²) >= 11 is 11.6. The lowest BCUT2D eigenvalue weighted by atomic mass is 10.3. The number of rotatable bonds is 1. The molecule has 0 atom stereocenters. The molecule has 6 heteroatoms. The molecule has 0 aromatic carbocycles. The highest BCUT2D eigenvalue weighted by atomic mass is 127. The van der Waals surface area contributed by atoms with Crippen molar-refractivity contribution >= 4 is 68.9 Å². The molecule has 0 saturated carbocycles. The van der Waals surface area contributed by atoms with Crippen molar-refractivity contribution in [1.82, 2.24) is 8.96 Å². The lowest BCUT2D eigenvalue weighted by Gasteiger charge is -1.98. The van der Waals surface area contributed by atoms with E-state index < -0.39 is 0 Å². The predicted octanol–water partition coefficient (Wildman–Crippen LogP) is 4.30. The molecule has 0 aliphatic carbocycles. The second kappa shape index (κ2) is 3.96. The van der Waals surface area contributed by atoms with Gasteiger partial charge in [0.05, 0.1) is 5.02 Å². The van der Waals surface area contributed by atoms with Crippen molar-refractivity contribution in [3.8, 4) is 0 Å². The Hall–Kier alpha value is 0.540. The summed E-state index contributed by atoms with van der Waals surface area (Å²) in [6, 6.07) is 3.76. The van der Waals surface area contributed by atoms with Gasteiger partial charge in [-0.2, -0.15) is 0 Å². The Balaban J connectivity index is 2.82. The summed E-state index contributed by atoms with van der Waals surface area (Å²) < 4.78 is 2.72. The van der Waals surface area contributed by atoms with Crippen LogP contribution in [0.25, 0.3) is 11.0 Å². The maximum absolute atomic E-state index is 6.04. The molecule has 0 amide bonds. The van der Waals surface area contributed by atoms with Gasteiger partial charge in [-0.15, -0.1) is 0 Å². The molecule has 2 nitrogen and oxygen atoms in total. The SMILES string of the molecule is Clc1cc(Br)nc2c1ccn2SI. The normalized spacial score (nSPS) is 11.0. The van der Waals surface area contributed by atoms with Crippen molar-refractivity contribution in [3.05, 3.63) is 28.0 Å². The highest BCUT2D eigenvalue weighted by Crippen LogP contribution is 2.29. The lowest BCUT2D eigenvalue weighted by molar-refractivity contribution is 1.24. The zero-order valence-electron chi connectivity index (χ0n) is 6.17. The van der Waals surface area contributed by atoms with Crippen LogP contribution in [0.5, 0.6) is 0 Å². The van der Waals surface area contributed by atoms with Crippen LogP contribution < -0.4 is 0 Å². The van der Waals surface area contributed by atoms with E-state index >= 15 is 0 Å². The fourth-order valence-corrected chi connectivity index (χ4v) is 3.12. The number of aromatic nitrogens is 2. The van der Waals surface area contributed by atoms with Gasteiger partial charge in [0.25, 0.3) is 0 Å². The van der Waals surface area contributed by atoms with Gasteiger partial charge in [-0.05, 0) is 28.1 Å². The average molecular weight is 389 g/mol. The van der Waals surface area contributed by atoms with Crippen LogP contribution >= 0.6 is 57.9 Å². The summed E-state index contributed by atoms with van der Waals surface area (Å²) in [5.74, 6) is 0. The molecule has 2 rings (SSSR count). The Kier molecular flexibility index (Phi) is 3.07. The quantitative estimate of drug-likeness (QED) is 0.535. The summed E-state index contributed by atoms with van der Waals surface area (Å²) in [7, 11) is 1.57. The number of halogens is 3. The Labute approximate surface area is 105 Å². The summed E-state index contributed by atoms with van der Waals surface area (Å²) in [6.07, 6.45) is 1.95. The highest BCUT2D eigenvalue weighted by molar-refractivity contribution is 14.2. The molecule has 0 fully saturated rings. The fourth-order valence-electron chi connectivity index (χ4n) is 1.07. The summed E-state index contributed by atoms with van der Waals surface area (Å²) in [5, 5.41) is 1.70. The van der Waals surface area contributed by atoms with Gasteiger partial charge in [0, 0.05) is 41.9 Å². The first-order valence-corrected chi connectivity index (χ1v) is 7.83. The summed E-state index contributed by atoms with van der Waals surface area (Å²) in [5.41, 5.74) is 0.888. The maximum Gasteiger partial charge on any atom is 0.153 e. The molecule has 0 bridgehead atoms. The van der Waals surface area contributed by atoms with Crippen LogP contribution in [0, 0.1) is 0 Å². The van der Waals surface area contributed by atoms with Crippen LogP contribution in [-0.4, -0.2) is 8.96 Å². The van der Waals surface area contributed by atoms with Crippen LogP contribution in [-0.2, 0) is 0 Å². The van der Waals surface area contributed by atoms with E-state index in [-0.39, 0.29) is 0 Å². The average Bonchev–Trinajstić information content (AvgIpc) is 2.47. The van der Waals surface area contributed by atoms with Gasteiger partial charge >= 0.3 is 0 Å². The minimum atomic E-state index is 0.723. The van der Waals surface area contributed by atoms with E-state index in [2.05, 4.69) is 42.1 Å². The maximum atomic E-state index is 6.04. The molecule has 0 saturated heterocycles. The number of fused-ring (bicyclic) bond motifs is 1. The predicted molar refractivity (Wildman–Crippen MR) is 69.5 cm³/mol. The Morgan fingerprint density at radius 2 is 2.38 bits per heavy atom. The van der Waals surface area contributed by atoms with Gasteiger partial charge in [-0.25, -0.2) is 4.98 Å². The number of pyridine rings is 1. The van der Waals surface area contributed by atoms with E-state index in [1.165, 1.54) is 0 Å². The van der Waals surface area contributed by atoms with Crippen molar-refractivity contribution in [2.75, 3.05) is 0 Å². The van der Waals surface area contributed by atoms with Crippen LogP contribution in [0.2, 0.25) is 5.02 Å². The van der Waals surface area contributed by atoms with Crippen molar-refractivity contribution in [1.29, 1.82) is 0 Å². The molecular weight excluding hydrogens is 386 g/mol. The molecular formula is C7H3BrClIN2S. The third-order valence-electron chi connectivity index (χ3n) is 1.62. The molecule has 2 aromatic heterocycles. The molecule has 0 spiro atoms. The van der Waals surface area contributed by atoms with Gasteiger partial charge in [0.15, 0.2) is 5.65 Å². The van der Waals surface area contributed by atoms with Crippen molar-refractivity contribution < 1.29 is 0 Å². The van der Waals surface area contributed by atoms with Crippen LogP contribution in [0.4, 0.5) is 0 Å². The zero-order chi connectivity index (χ0) is 9.42. The largest absolute Gasteiger partial charge is 0.266 e. The second-order valence-corrected chi connectivity index (χ2v) is 5.31. The van der Waals surface area contributed by atoms with Crippen molar-refractivity contribution in [2.45, 2.75) is 0 Å². The summed E-state index contributed by atoms with van der Waals surface area (Å²) in [6.45, 7) is 0. The van der Waals surface area contributed by atoms with Crippen LogP contribution in [0.15, 0.2) is 22.9 Å². The minimum absolute atomic E-state index is 0.723. The van der Waals surface area contributed by atoms with E-state index in [0.29, 0.717) is 0 Å². The topological polar surface area (TPSA) is 17.8 Å². The number of nitrogens with zero attached hydrogens (tertiary/aromatic N) is 2. The third kappa shape index (κ3) is 1.84. The van der Waals surface area contributed by atoms with Gasteiger partial charge in [-0.3, -0.25) is 3.97 Å². The Bertz CT molecular complexity index is 459. The van der Waals surface area contributed by atoms with E-state index in [1.54, 1.807) is 15.2 Å². The van der Waals surface area contributed by atoms with Crippen LogP contribution in [0.3, 0.4) is 0 Å². The van der Waals surface area contributed by atoms with Gasteiger partial charge in [0.1, 0.15) is 4.60 Å². The molecule has 2 aromatic rings. The standard InChI is InChI=1S/C7H3BrClIN2S/c8-6-3-5(9)4-1-2-12(13-10)7(4)11-6/h1-3H. The lowest BCUT2D eigenvalue weighted by Crippen LogP contribution is -1.84. The summed E-state index contributed by atoms with van der Waals surface area (Å²) in [4.78, 5) is 4.34. The first kappa shape index (κ1) is 10.1. The number of hydrogen-bond acceptors (Lipinski definition) is 2. The van der Waals surface area contributed by atoms with Gasteiger partial charge < -0.3 is 0 Å². The van der Waals surface area contributed by atoms with E-state index in [4.69, 9.17) is 11.6 Å². The minimum Gasteiger partial charge on any atom is -0.266 e. The molecule has 0 N–H and O–H groups in total. The molecule has 68 valence electrons. The third-order valence-corrected chi connectivity index (χ3v) is 4.05. The molecule has 0 radical (unpaired) electrons. The first-order valence-electron chi connectivity index (χ1n) is 3.34. The molecule has 0 aliphatic heterocycles. The molecule has 0 aliphatic rings. The fraction of sp³-hybridized carbons (Fsp3) is 0. The van der Waals surface area contributed by atoms with Gasteiger partial charge in [0.2, 0.25) is 0 Å². The Morgan fingerprint density at radius 1 is 1.62 bits per heavy atom. The molecule has 0 unspecified atom stereocenters. The first-order chi connectivity index (χ1) is 6.22. The second-order valence-electron chi connectivity index (χ2n) is 2.37. The monoisotopic (exact) mass is 388 g/mol. The van der Waals surface area contributed by atoms with E-state index in [0.717, 1.165) is 20.7 Å². The molecule has 2 heterocycles.